The van der Waals surface area contributed by atoms with Crippen LogP contribution < -0.4 is 0 Å². The molecule has 0 radical (unpaired) electrons. The van der Waals surface area contributed by atoms with E-state index in [1.807, 2.05) is 9.80 Å². The Morgan fingerprint density at radius 3 is 1.07 bits per heavy atom. The van der Waals surface area contributed by atoms with Crippen LogP contribution in [0.5, 0.6) is 0 Å². The van der Waals surface area contributed by atoms with E-state index in [-0.39, 0.29) is 13.1 Å². The highest BCUT2D eigenvalue weighted by molar-refractivity contribution is 4.78. The van der Waals surface area contributed by atoms with E-state index < -0.39 is 25.1 Å². The van der Waals surface area contributed by atoms with Gasteiger partial charge in [-0.3, -0.25) is 14.7 Å². The van der Waals surface area contributed by atoms with Gasteiger partial charge in [0, 0.05) is 6.92 Å². The molecule has 3 aliphatic rings. The van der Waals surface area contributed by atoms with Crippen LogP contribution >= 0.6 is 0 Å². The SMILES string of the molecule is CC(C)C1CCN(CC(C)(F)F)CC1.CC(C)C1CCN(CC(F)(F)F)CC1.CC(C)C1CCN(CC(F)F)CC1. The fraction of sp³-hybridized carbons (Fsp3) is 1.00. The van der Waals surface area contributed by atoms with Gasteiger partial charge in [0.15, 0.2) is 0 Å². The van der Waals surface area contributed by atoms with E-state index in [4.69, 9.17) is 0 Å². The lowest BCUT2D eigenvalue weighted by molar-refractivity contribution is -0.149. The third kappa shape index (κ3) is 17.9. The minimum Gasteiger partial charge on any atom is -0.298 e. The Morgan fingerprint density at radius 2 is 0.829 bits per heavy atom. The molecule has 246 valence electrons. The molecule has 0 unspecified atom stereocenters. The molecule has 0 aliphatic carbocycles. The zero-order valence-electron chi connectivity index (χ0n) is 26.6. The van der Waals surface area contributed by atoms with E-state index in [2.05, 4.69) is 41.5 Å². The fourth-order valence-electron chi connectivity index (χ4n) is 6.20. The van der Waals surface area contributed by atoms with Crippen LogP contribution in [0.15, 0.2) is 0 Å². The van der Waals surface area contributed by atoms with Crippen molar-refractivity contribution in [3.8, 4) is 0 Å². The van der Waals surface area contributed by atoms with E-state index in [9.17, 15) is 30.7 Å². The van der Waals surface area contributed by atoms with Crippen LogP contribution in [0, 0.1) is 35.5 Å². The maximum atomic E-state index is 12.7. The number of piperidine rings is 3. The summed E-state index contributed by atoms with van der Waals surface area (Å²) in [5.41, 5.74) is 0. The Hall–Kier alpha value is -0.610. The molecular weight excluding hydrogens is 547 g/mol. The van der Waals surface area contributed by atoms with E-state index in [1.54, 1.807) is 0 Å². The van der Waals surface area contributed by atoms with Gasteiger partial charge in [-0.05, 0) is 113 Å². The zero-order valence-corrected chi connectivity index (χ0v) is 26.6. The van der Waals surface area contributed by atoms with Crippen LogP contribution in [0.25, 0.3) is 0 Å². The molecule has 0 atom stereocenters. The van der Waals surface area contributed by atoms with Crippen molar-refractivity contribution in [3.63, 3.8) is 0 Å². The van der Waals surface area contributed by atoms with Gasteiger partial charge >= 0.3 is 6.18 Å². The van der Waals surface area contributed by atoms with Crippen molar-refractivity contribution in [2.45, 2.75) is 106 Å². The van der Waals surface area contributed by atoms with Gasteiger partial charge in [0.1, 0.15) is 0 Å². The summed E-state index contributed by atoms with van der Waals surface area (Å²) in [6.07, 6.45) is -0.0572. The average molecular weight is 606 g/mol. The molecule has 0 N–H and O–H groups in total. The molecule has 0 amide bonds. The Balaban J connectivity index is 0.000000308. The van der Waals surface area contributed by atoms with Crippen molar-refractivity contribution in [2.24, 2.45) is 35.5 Å². The number of nitrogens with zero attached hydrogens (tertiary/aromatic N) is 3. The Kier molecular flexibility index (Phi) is 17.1. The van der Waals surface area contributed by atoms with Crippen molar-refractivity contribution in [3.05, 3.63) is 0 Å². The number of halogens is 7. The summed E-state index contributed by atoms with van der Waals surface area (Å²) in [4.78, 5) is 5.28. The molecule has 3 heterocycles. The molecule has 41 heavy (non-hydrogen) atoms. The van der Waals surface area contributed by atoms with E-state index in [0.29, 0.717) is 36.8 Å². The monoisotopic (exact) mass is 605 g/mol. The summed E-state index contributed by atoms with van der Waals surface area (Å²) >= 11 is 0. The molecule has 0 aromatic rings. The number of hydrogen-bond donors (Lipinski definition) is 0. The standard InChI is InChI=1S/C11H21F2N.C10H18F3N.C10H19F2N/c1-9(2)10-4-6-14(7-5-10)8-11(3,12)13;1-8(2)9-3-5-14(6-4-9)7-10(11,12)13;1-8(2)9-3-5-13(6-4-9)7-10(11)12/h9-10H,4-8H2,1-3H3;8-9H,3-7H2,1-2H3;8-10H,3-7H2,1-2H3. The summed E-state index contributed by atoms with van der Waals surface area (Å²) < 4.78 is 85.7. The second kappa shape index (κ2) is 18.3. The van der Waals surface area contributed by atoms with Crippen molar-refractivity contribution in [1.82, 2.24) is 14.7 Å². The van der Waals surface area contributed by atoms with Gasteiger partial charge in [-0.25, -0.2) is 17.6 Å². The summed E-state index contributed by atoms with van der Waals surface area (Å²) in [5, 5.41) is 0. The highest BCUT2D eigenvalue weighted by atomic mass is 19.4. The molecule has 0 spiro atoms. The Bertz CT molecular complexity index is 616. The van der Waals surface area contributed by atoms with Gasteiger partial charge in [0.05, 0.1) is 19.6 Å². The van der Waals surface area contributed by atoms with Gasteiger partial charge in [-0.1, -0.05) is 41.5 Å². The van der Waals surface area contributed by atoms with Gasteiger partial charge in [-0.15, -0.1) is 0 Å². The third-order valence-corrected chi connectivity index (χ3v) is 9.03. The first-order valence-corrected chi connectivity index (χ1v) is 15.8. The van der Waals surface area contributed by atoms with E-state index in [1.165, 1.54) is 4.90 Å². The lowest BCUT2D eigenvalue weighted by Crippen LogP contribution is -2.41. The molecule has 0 aromatic carbocycles. The maximum absolute atomic E-state index is 12.7. The predicted molar refractivity (Wildman–Crippen MR) is 155 cm³/mol. The molecule has 0 saturated carbocycles. The van der Waals surface area contributed by atoms with Gasteiger partial charge in [0.25, 0.3) is 12.3 Å². The second-order valence-electron chi connectivity index (χ2n) is 13.7. The highest BCUT2D eigenvalue weighted by Crippen LogP contribution is 2.28. The van der Waals surface area contributed by atoms with E-state index in [0.717, 1.165) is 83.5 Å². The van der Waals surface area contributed by atoms with Crippen LogP contribution in [-0.2, 0) is 0 Å². The largest absolute Gasteiger partial charge is 0.401 e. The molecule has 3 aliphatic heterocycles. The van der Waals surface area contributed by atoms with Crippen molar-refractivity contribution in [1.29, 1.82) is 0 Å². The summed E-state index contributed by atoms with van der Waals surface area (Å²) in [6, 6.07) is 0. The quantitative estimate of drug-likeness (QED) is 0.257. The first kappa shape index (κ1) is 38.4. The minimum absolute atomic E-state index is 0.0369. The zero-order chi connectivity index (χ0) is 31.4. The van der Waals surface area contributed by atoms with Crippen LogP contribution in [0.3, 0.4) is 0 Å². The topological polar surface area (TPSA) is 9.72 Å². The lowest BCUT2D eigenvalue weighted by Gasteiger charge is -2.34. The molecule has 3 fully saturated rings. The summed E-state index contributed by atoms with van der Waals surface area (Å²) in [7, 11) is 0. The molecule has 0 bridgehead atoms. The minimum atomic E-state index is -4.04. The maximum Gasteiger partial charge on any atom is 0.401 e. The average Bonchev–Trinajstić information content (AvgIpc) is 2.83. The van der Waals surface area contributed by atoms with Crippen LogP contribution in [0.2, 0.25) is 0 Å². The summed E-state index contributed by atoms with van der Waals surface area (Å²) in [5.74, 6) is 1.55. The molecule has 10 heteroatoms. The van der Waals surface area contributed by atoms with Crippen LogP contribution in [0.1, 0.15) is 87.0 Å². The van der Waals surface area contributed by atoms with Crippen molar-refractivity contribution in [2.75, 3.05) is 58.9 Å². The van der Waals surface area contributed by atoms with Crippen LogP contribution in [-0.4, -0.2) is 92.1 Å². The van der Waals surface area contributed by atoms with Crippen LogP contribution in [0.4, 0.5) is 30.7 Å². The fourth-order valence-corrected chi connectivity index (χ4v) is 6.20. The van der Waals surface area contributed by atoms with Gasteiger partial charge < -0.3 is 0 Å². The first-order valence-electron chi connectivity index (χ1n) is 15.8. The molecule has 3 saturated heterocycles. The molecule has 3 nitrogen and oxygen atoms in total. The normalized spacial score (nSPS) is 21.8. The van der Waals surface area contributed by atoms with Gasteiger partial charge in [0.2, 0.25) is 0 Å². The molecule has 3 rings (SSSR count). The third-order valence-electron chi connectivity index (χ3n) is 9.03. The summed E-state index contributed by atoms with van der Waals surface area (Å²) in [6.45, 7) is 17.9. The van der Waals surface area contributed by atoms with E-state index >= 15 is 0 Å². The Labute approximate surface area is 245 Å². The lowest BCUT2D eigenvalue weighted by atomic mass is 9.87. The number of likely N-dealkylation sites (tertiary alicyclic amines) is 3. The molecular formula is C31H58F7N3. The molecule has 0 aromatic heterocycles. The highest BCUT2D eigenvalue weighted by Gasteiger charge is 2.33. The Morgan fingerprint density at radius 1 is 0.537 bits per heavy atom. The number of alkyl halides is 7. The van der Waals surface area contributed by atoms with Crippen molar-refractivity contribution >= 4 is 0 Å². The smallest absolute Gasteiger partial charge is 0.298 e. The number of hydrogen-bond acceptors (Lipinski definition) is 3. The first-order chi connectivity index (χ1) is 18.9. The predicted octanol–water partition coefficient (Wildman–Crippen LogP) is 8.55. The number of rotatable bonds is 8. The second-order valence-corrected chi connectivity index (χ2v) is 13.7. The van der Waals surface area contributed by atoms with Crippen molar-refractivity contribution < 1.29 is 30.7 Å². The van der Waals surface area contributed by atoms with Gasteiger partial charge in [-0.2, -0.15) is 13.2 Å².